The van der Waals surface area contributed by atoms with Crippen LogP contribution in [0.5, 0.6) is 0 Å². The van der Waals surface area contributed by atoms with Crippen LogP contribution in [0, 0.1) is 0 Å². The van der Waals surface area contributed by atoms with Crippen molar-refractivity contribution >= 4 is 26.3 Å². The third-order valence-electron chi connectivity index (χ3n) is 0.0745. The molecule has 2 nitrogen and oxygen atoms in total. The first-order valence-corrected chi connectivity index (χ1v) is 2.56. The zero-order valence-electron chi connectivity index (χ0n) is 2.21. The quantitative estimate of drug-likeness (QED) is 0.422. The Morgan fingerprint density at radius 1 is 1.60 bits per heavy atom. The van der Waals surface area contributed by atoms with Gasteiger partial charge in [0.1, 0.15) is 0 Å². The van der Waals surface area contributed by atoms with Crippen LogP contribution in [0.3, 0.4) is 0 Å². The Kier molecular flexibility index (Phi) is 2.58. The molecule has 2 N–H and O–H groups in total. The fraction of sp³-hybridized carbons (Fsp3) is 0. The van der Waals surface area contributed by atoms with E-state index in [1.807, 2.05) is 0 Å². The molecule has 0 aliphatic rings. The summed E-state index contributed by atoms with van der Waals surface area (Å²) in [5.41, 5.74) is 0. The van der Waals surface area contributed by atoms with E-state index in [2.05, 4.69) is 11.2 Å². The minimum Gasteiger partial charge on any atom is -0.332 e. The molecule has 0 aromatic rings. The van der Waals surface area contributed by atoms with E-state index in [-0.39, 0.29) is 0 Å². The lowest BCUT2D eigenvalue weighted by molar-refractivity contribution is 0.385. The van der Waals surface area contributed by atoms with Crippen molar-refractivity contribution in [3.05, 3.63) is 0 Å². The summed E-state index contributed by atoms with van der Waals surface area (Å²) in [5.74, 6) is 0. The van der Waals surface area contributed by atoms with E-state index in [0.29, 0.717) is 9.91 Å². The highest BCUT2D eigenvalue weighted by atomic mass is 32.8. The van der Waals surface area contributed by atoms with E-state index < -0.39 is 5.24 Å². The van der Waals surface area contributed by atoms with Crippen molar-refractivity contribution in [2.24, 2.45) is 0 Å². The smallest absolute Gasteiger partial charge is 0.248 e. The molecule has 0 rings (SSSR count). The van der Waals surface area contributed by atoms with Crippen molar-refractivity contribution in [1.82, 2.24) is 0 Å². The van der Waals surface area contributed by atoms with Gasteiger partial charge in [0.15, 0.2) is 0 Å². The van der Waals surface area contributed by atoms with Crippen molar-refractivity contribution in [2.45, 2.75) is 0 Å². The maximum absolute atomic E-state index is 7.69. The molecule has 0 heterocycles. The molecular formula is CH2O2S2. The van der Waals surface area contributed by atoms with Gasteiger partial charge < -0.3 is 10.2 Å². The highest BCUT2D eigenvalue weighted by Crippen LogP contribution is 1.39. The van der Waals surface area contributed by atoms with Crippen LogP contribution in [0.2, 0.25) is 0 Å². The van der Waals surface area contributed by atoms with Crippen LogP contribution in [0.4, 0.5) is 0 Å². The van der Waals surface area contributed by atoms with Gasteiger partial charge in [0.25, 0.3) is 0 Å². The molecule has 5 heavy (non-hydrogen) atoms. The largest absolute Gasteiger partial charge is 0.332 e. The molecule has 0 saturated heterocycles. The average Bonchev–Trinajstić information content (AvgIpc) is 1.38. The fourth-order valence-corrected chi connectivity index (χ4v) is 0. The van der Waals surface area contributed by atoms with Crippen LogP contribution in [-0.2, 0) is 21.1 Å². The van der Waals surface area contributed by atoms with Gasteiger partial charge in [-0.05, 0) is 21.1 Å². The van der Waals surface area contributed by atoms with E-state index in [0.717, 1.165) is 0 Å². The van der Waals surface area contributed by atoms with Gasteiger partial charge in [0, 0.05) is 0 Å². The third kappa shape index (κ3) is 4.23. The highest BCUT2D eigenvalue weighted by Gasteiger charge is 1.64. The predicted octanol–water partition coefficient (Wildman–Crippen LogP) is -0.266. The maximum Gasteiger partial charge on any atom is 0.248 e. The van der Waals surface area contributed by atoms with Crippen LogP contribution < -0.4 is 0 Å². The van der Waals surface area contributed by atoms with Crippen LogP contribution in [0.1, 0.15) is 0 Å². The molecule has 0 aliphatic heterocycles. The van der Waals surface area contributed by atoms with Crippen molar-refractivity contribution in [3.8, 4) is 0 Å². The van der Waals surface area contributed by atoms with Gasteiger partial charge in [-0.15, -0.1) is 0 Å². The van der Waals surface area contributed by atoms with Gasteiger partial charge in [-0.25, -0.2) is 0 Å². The first-order chi connectivity index (χ1) is 2.27. The second-order valence-electron chi connectivity index (χ2n) is 0.366. The van der Waals surface area contributed by atoms with Gasteiger partial charge in [0.05, 0.1) is 0 Å². The molecule has 0 fully saturated rings. The lowest BCUT2D eigenvalue weighted by Crippen LogP contribution is -1.86. The molecule has 0 unspecified atom stereocenters. The molecule has 0 atom stereocenters. The topological polar surface area (TPSA) is 40.5 Å². The van der Waals surface area contributed by atoms with Gasteiger partial charge in [0.2, 0.25) is 5.24 Å². The molecule has 4 heteroatoms. The molecule has 0 aliphatic carbocycles. The molecule has 0 saturated carbocycles. The molecule has 0 aromatic carbocycles. The normalized spacial score (nSPS) is 6.80. The summed E-state index contributed by atoms with van der Waals surface area (Å²) in [5, 5.41) is 14.6. The van der Waals surface area contributed by atoms with Crippen LogP contribution in [0.15, 0.2) is 0 Å². The van der Waals surface area contributed by atoms with Crippen LogP contribution in [0.25, 0.3) is 0 Å². The van der Waals surface area contributed by atoms with Crippen LogP contribution >= 0.6 is 0 Å². The second-order valence-corrected chi connectivity index (χ2v) is 1.40. The molecule has 0 bridgehead atoms. The monoisotopic (exact) mass is 110 g/mol. The lowest BCUT2D eigenvalue weighted by atomic mass is 11.5. The first kappa shape index (κ1) is 5.23. The average molecular weight is 110 g/mol. The van der Waals surface area contributed by atoms with E-state index >= 15 is 0 Å². The van der Waals surface area contributed by atoms with Crippen molar-refractivity contribution in [3.63, 3.8) is 0 Å². The Bertz CT molecular complexity index is 67.7. The predicted molar refractivity (Wildman–Crippen MR) is 25.0 cm³/mol. The molecule has 0 amide bonds. The zero-order valence-corrected chi connectivity index (χ0v) is 3.84. The SMILES string of the molecule is OC(O)=S=S. The molecule has 30 valence electrons. The Morgan fingerprint density at radius 2 is 1.80 bits per heavy atom. The summed E-state index contributed by atoms with van der Waals surface area (Å²) >= 11 is 4.06. The van der Waals surface area contributed by atoms with E-state index in [1.54, 1.807) is 0 Å². The van der Waals surface area contributed by atoms with Gasteiger partial charge in [-0.1, -0.05) is 0 Å². The standard InChI is InChI=1S/CH2O2S2/c2-1(3)5-4/h2-3H. The number of hydrogen-bond donors (Lipinski definition) is 2. The summed E-state index contributed by atoms with van der Waals surface area (Å²) in [7, 11) is 0.491. The summed E-state index contributed by atoms with van der Waals surface area (Å²) in [6.45, 7) is 0. The fourth-order valence-electron chi connectivity index (χ4n) is 0. The van der Waals surface area contributed by atoms with Crippen LogP contribution in [-0.4, -0.2) is 15.4 Å². The second kappa shape index (κ2) is 2.47. The Balaban J connectivity index is 3.60. The first-order valence-electron chi connectivity index (χ1n) is 0.818. The Labute approximate surface area is 37.3 Å². The van der Waals surface area contributed by atoms with E-state index in [9.17, 15) is 0 Å². The highest BCUT2D eigenvalue weighted by molar-refractivity contribution is 8.16. The summed E-state index contributed by atoms with van der Waals surface area (Å²) in [6.07, 6.45) is 0. The van der Waals surface area contributed by atoms with E-state index in [4.69, 9.17) is 10.2 Å². The van der Waals surface area contributed by atoms with Crippen molar-refractivity contribution < 1.29 is 10.2 Å². The molecule has 0 aromatic heterocycles. The van der Waals surface area contributed by atoms with Crippen molar-refractivity contribution in [2.75, 3.05) is 0 Å². The minimum absolute atomic E-state index is 0.491. The zero-order chi connectivity index (χ0) is 4.28. The third-order valence-corrected chi connectivity index (χ3v) is 0.671. The van der Waals surface area contributed by atoms with Crippen molar-refractivity contribution in [1.29, 1.82) is 0 Å². The summed E-state index contributed by atoms with van der Waals surface area (Å²) in [4.78, 5) is 0. The van der Waals surface area contributed by atoms with E-state index in [1.165, 1.54) is 0 Å². The van der Waals surface area contributed by atoms with Gasteiger partial charge in [-0.2, -0.15) is 0 Å². The number of hydrogen-bond acceptors (Lipinski definition) is 1. The number of rotatable bonds is 0. The summed E-state index contributed by atoms with van der Waals surface area (Å²) in [6, 6.07) is 0. The lowest BCUT2D eigenvalue weighted by Gasteiger charge is -1.65. The van der Waals surface area contributed by atoms with Gasteiger partial charge >= 0.3 is 0 Å². The minimum atomic E-state index is -0.764. The summed E-state index contributed by atoms with van der Waals surface area (Å²) < 4.78 is 0. The molecule has 0 spiro atoms. The Morgan fingerprint density at radius 3 is 1.80 bits per heavy atom. The maximum atomic E-state index is 7.69. The van der Waals surface area contributed by atoms with Gasteiger partial charge in [-0.3, -0.25) is 0 Å². The Hall–Kier alpha value is 0.230. The number of aliphatic hydroxyl groups excluding tert-OH is 1. The molecular weight excluding hydrogens is 108 g/mol. The molecule has 0 radical (unpaired) electrons. The number of aliphatic hydroxyl groups is 2.